The van der Waals surface area contributed by atoms with Gasteiger partial charge in [0.2, 0.25) is 5.91 Å². The minimum atomic E-state index is -1.09. The van der Waals surface area contributed by atoms with Crippen LogP contribution in [-0.4, -0.2) is 156 Å². The number of carbonyl (C=O) groups excluding carboxylic acids is 6. The van der Waals surface area contributed by atoms with Crippen LogP contribution in [0.5, 0.6) is 0 Å². The summed E-state index contributed by atoms with van der Waals surface area (Å²) in [6, 6.07) is 0. The number of hydrogen-bond donors (Lipinski definition) is 2. The lowest BCUT2D eigenvalue weighted by atomic mass is 9.73. The highest BCUT2D eigenvalue weighted by Crippen LogP contribution is 2.38. The van der Waals surface area contributed by atoms with Gasteiger partial charge in [-0.1, -0.05) is 27.7 Å². The summed E-state index contributed by atoms with van der Waals surface area (Å²) in [6.07, 6.45) is 3.67. The van der Waals surface area contributed by atoms with Crippen molar-refractivity contribution in [2.24, 2.45) is 21.7 Å². The van der Waals surface area contributed by atoms with E-state index in [0.717, 1.165) is 5.06 Å². The first-order valence-electron chi connectivity index (χ1n) is 27.1. The van der Waals surface area contributed by atoms with Gasteiger partial charge in [-0.2, -0.15) is 10.0 Å². The zero-order chi connectivity index (χ0) is 58.0. The first kappa shape index (κ1) is 69.1. The first-order chi connectivity index (χ1) is 34.7. The van der Waals surface area contributed by atoms with Gasteiger partial charge in [0.05, 0.1) is 112 Å². The summed E-state index contributed by atoms with van der Waals surface area (Å²) in [5, 5.41) is 12.4. The maximum absolute atomic E-state index is 13.0. The van der Waals surface area contributed by atoms with Crippen LogP contribution in [0.4, 0.5) is 0 Å². The number of thiol groups is 1. The van der Waals surface area contributed by atoms with Crippen molar-refractivity contribution in [2.45, 2.75) is 229 Å². The first-order valence-corrected chi connectivity index (χ1v) is 27.5. The fourth-order valence-electron chi connectivity index (χ4n) is 8.12. The Morgan fingerprint density at radius 3 is 1.72 bits per heavy atom. The molecule has 2 saturated heterocycles. The summed E-state index contributed by atoms with van der Waals surface area (Å²) in [4.78, 5) is 84.0. The maximum Gasteiger partial charge on any atom is 0.338 e. The highest BCUT2D eigenvalue weighted by Gasteiger charge is 2.42. The normalized spacial score (nSPS) is 17.1. The highest BCUT2D eigenvalue weighted by atomic mass is 32.1. The van der Waals surface area contributed by atoms with Crippen molar-refractivity contribution in [3.63, 3.8) is 0 Å². The monoisotopic (exact) mass is 1110 g/mol. The molecular weight excluding hydrogens is 1010 g/mol. The molecule has 2 aliphatic heterocycles. The molecule has 2 rings (SSSR count). The van der Waals surface area contributed by atoms with Crippen LogP contribution in [0.2, 0.25) is 0 Å². The number of ether oxygens (including phenoxy) is 8. The molecule has 0 bridgehead atoms. The quantitative estimate of drug-likeness (QED) is 0.0193. The summed E-state index contributed by atoms with van der Waals surface area (Å²) < 4.78 is 49.5. The Balaban J connectivity index is 1.87. The molecule has 2 aliphatic rings. The zero-order valence-electron chi connectivity index (χ0n) is 49.5. The van der Waals surface area contributed by atoms with Gasteiger partial charge in [0, 0.05) is 38.7 Å². The average Bonchev–Trinajstić information content (AvgIpc) is 3.81. The van der Waals surface area contributed by atoms with Gasteiger partial charge in [-0.25, -0.2) is 4.79 Å². The number of nitrogens with zero attached hydrogens (tertiary/aromatic N) is 3. The SMILES string of the molecule is CC(CCOC(=O)CC(C)(C)CCN(O)ON1CCCC1=O)OCCC(C)OCC(COC(C)(C)C)(COC(C)(C)S)COC(C)(C)CCOC(C)(C)CCOC(=O)CC(C)(C)CC(C)(C)C(=O)ON1C(=O)CCC1=O. The summed E-state index contributed by atoms with van der Waals surface area (Å²) in [7, 11) is 0. The molecule has 0 spiro atoms. The third kappa shape index (κ3) is 28.8. The van der Waals surface area contributed by atoms with Crippen LogP contribution < -0.4 is 0 Å². The molecule has 0 aromatic heterocycles. The molecular formula is C55H99N3O17S. The van der Waals surface area contributed by atoms with Gasteiger partial charge in [-0.05, 0) is 138 Å². The van der Waals surface area contributed by atoms with Gasteiger partial charge < -0.3 is 42.7 Å². The Kier molecular flexibility index (Phi) is 27.3. The van der Waals surface area contributed by atoms with E-state index in [1.165, 1.54) is 0 Å². The van der Waals surface area contributed by atoms with Crippen LogP contribution >= 0.6 is 12.6 Å². The predicted octanol–water partition coefficient (Wildman–Crippen LogP) is 8.92. The van der Waals surface area contributed by atoms with Gasteiger partial charge in [-0.15, -0.1) is 17.7 Å². The second kappa shape index (κ2) is 30.0. The van der Waals surface area contributed by atoms with Gasteiger partial charge in [0.1, 0.15) is 4.93 Å². The maximum atomic E-state index is 13.0. The third-order valence-corrected chi connectivity index (χ3v) is 13.1. The molecule has 20 nitrogen and oxygen atoms in total. The van der Waals surface area contributed by atoms with Crippen LogP contribution in [0.3, 0.4) is 0 Å². The molecule has 2 heterocycles. The van der Waals surface area contributed by atoms with Crippen LogP contribution in [0.1, 0.15) is 195 Å². The van der Waals surface area contributed by atoms with E-state index < -0.39 is 67.1 Å². The van der Waals surface area contributed by atoms with Gasteiger partial charge in [-0.3, -0.25) is 29.2 Å². The van der Waals surface area contributed by atoms with E-state index >= 15 is 0 Å². The zero-order valence-corrected chi connectivity index (χ0v) is 50.4. The van der Waals surface area contributed by atoms with E-state index in [4.69, 9.17) is 47.7 Å². The predicted molar refractivity (Wildman–Crippen MR) is 286 cm³/mol. The van der Waals surface area contributed by atoms with Crippen molar-refractivity contribution in [3.05, 3.63) is 0 Å². The molecule has 3 unspecified atom stereocenters. The summed E-state index contributed by atoms with van der Waals surface area (Å²) in [5.41, 5.74) is -4.67. The molecule has 2 fully saturated rings. The highest BCUT2D eigenvalue weighted by molar-refractivity contribution is 7.81. The Bertz CT molecular complexity index is 1830. The number of hydroxylamine groups is 6. The van der Waals surface area contributed by atoms with Crippen molar-refractivity contribution >= 4 is 48.3 Å². The smallest absolute Gasteiger partial charge is 0.338 e. The lowest BCUT2D eigenvalue weighted by Gasteiger charge is -2.40. The molecule has 1 N–H and O–H groups in total. The minimum Gasteiger partial charge on any atom is -0.466 e. The number of carbonyl (C=O) groups is 6. The molecule has 442 valence electrons. The van der Waals surface area contributed by atoms with E-state index in [9.17, 15) is 34.0 Å². The van der Waals surface area contributed by atoms with E-state index in [2.05, 4.69) is 12.6 Å². The van der Waals surface area contributed by atoms with E-state index in [-0.39, 0.29) is 102 Å². The molecule has 0 radical (unpaired) electrons. The Labute approximate surface area is 460 Å². The number of esters is 2. The molecule has 3 amide bonds. The van der Waals surface area contributed by atoms with Crippen LogP contribution in [0, 0.1) is 21.7 Å². The fourth-order valence-corrected chi connectivity index (χ4v) is 8.18. The number of hydrogen-bond acceptors (Lipinski definition) is 19. The minimum absolute atomic E-state index is 0.00304. The van der Waals surface area contributed by atoms with E-state index in [1.807, 2.05) is 104 Å². The van der Waals surface area contributed by atoms with E-state index in [0.29, 0.717) is 75.0 Å². The Hall–Kier alpha value is -2.99. The van der Waals surface area contributed by atoms with Crippen molar-refractivity contribution in [1.29, 1.82) is 0 Å². The Morgan fingerprint density at radius 1 is 0.618 bits per heavy atom. The Morgan fingerprint density at radius 2 is 1.14 bits per heavy atom. The third-order valence-electron chi connectivity index (χ3n) is 13.0. The molecule has 21 heteroatoms. The summed E-state index contributed by atoms with van der Waals surface area (Å²) in [5.74, 6) is -2.76. The summed E-state index contributed by atoms with van der Waals surface area (Å²) in [6.45, 7) is 35.1. The number of amides is 3. The lowest BCUT2D eigenvalue weighted by Crippen LogP contribution is -2.47. The summed E-state index contributed by atoms with van der Waals surface area (Å²) >= 11 is 4.66. The average molecular weight is 1110 g/mol. The van der Waals surface area contributed by atoms with Crippen molar-refractivity contribution in [3.8, 4) is 0 Å². The van der Waals surface area contributed by atoms with Crippen molar-refractivity contribution < 1.29 is 81.6 Å². The van der Waals surface area contributed by atoms with Gasteiger partial charge in [0.15, 0.2) is 0 Å². The molecule has 0 aliphatic carbocycles. The second-order valence-corrected chi connectivity index (χ2v) is 26.9. The van der Waals surface area contributed by atoms with Crippen LogP contribution in [0.15, 0.2) is 0 Å². The van der Waals surface area contributed by atoms with Gasteiger partial charge in [0.25, 0.3) is 11.8 Å². The second-order valence-electron chi connectivity index (χ2n) is 25.8. The van der Waals surface area contributed by atoms with Crippen LogP contribution in [0.25, 0.3) is 0 Å². The molecule has 0 aromatic carbocycles. The van der Waals surface area contributed by atoms with Crippen molar-refractivity contribution in [2.75, 3.05) is 65.9 Å². The lowest BCUT2D eigenvalue weighted by molar-refractivity contribution is -0.423. The standard InChI is InChI=1S/C55H99N3O17S/c1-40(23-30-67-45(62)33-49(6,7)24-28-57(65)75-56-27-18-19-42(56)59)66-29-22-41(2)69-36-55(37-71-48(3,4)5,39-73-54(16,17)76)38-72-53(14,15)26-32-70-52(12,13)25-31-68-46(63)34-50(8,9)35-51(10,11)47(64)74-58-43(60)20-21-44(58)61/h40-41,65,76H,18-39H2,1-17H3. The fraction of sp³-hybridized carbons (Fsp3) is 0.891. The topological polar surface area (TPSA) is 225 Å². The molecule has 0 saturated carbocycles. The molecule has 0 aromatic rings. The van der Waals surface area contributed by atoms with E-state index in [1.54, 1.807) is 13.8 Å². The molecule has 76 heavy (non-hydrogen) atoms. The van der Waals surface area contributed by atoms with Gasteiger partial charge >= 0.3 is 17.9 Å². The largest absolute Gasteiger partial charge is 0.466 e. The number of rotatable bonds is 38. The van der Waals surface area contributed by atoms with Crippen molar-refractivity contribution in [1.82, 2.24) is 15.4 Å². The van der Waals surface area contributed by atoms with Crippen LogP contribution in [-0.2, 0) is 76.4 Å². The molecule has 3 atom stereocenters. The number of imide groups is 1.